The average Bonchev–Trinajstić information content (AvgIpc) is 2.66. The standard InChI is InChI=1S/C21H16N2O2/c1-2-25-21(24)13-20(19-10-8-18(15-23)9-11-19)12-7-16-3-5-17(14-22)6-4-16/h3-13H,2H2,1H3/b12-7+,20-13+. The maximum absolute atomic E-state index is 11.8. The maximum atomic E-state index is 11.8. The van der Waals surface area contributed by atoms with Crippen molar-refractivity contribution in [2.45, 2.75) is 6.92 Å². The zero-order valence-corrected chi connectivity index (χ0v) is 13.8. The quantitative estimate of drug-likeness (QED) is 0.471. The molecule has 0 aliphatic rings. The molecule has 0 aliphatic carbocycles. The first-order chi connectivity index (χ1) is 12.2. The molecule has 2 rings (SSSR count). The van der Waals surface area contributed by atoms with Crippen LogP contribution in [0.5, 0.6) is 0 Å². The largest absolute Gasteiger partial charge is 0.463 e. The summed E-state index contributed by atoms with van der Waals surface area (Å²) in [6.45, 7) is 2.05. The van der Waals surface area contributed by atoms with Gasteiger partial charge in [0.15, 0.2) is 0 Å². The summed E-state index contributed by atoms with van der Waals surface area (Å²) in [7, 11) is 0. The van der Waals surface area contributed by atoms with Crippen molar-refractivity contribution >= 4 is 17.6 Å². The zero-order chi connectivity index (χ0) is 18.1. The first-order valence-corrected chi connectivity index (χ1v) is 7.73. The van der Waals surface area contributed by atoms with Crippen molar-refractivity contribution in [1.82, 2.24) is 0 Å². The van der Waals surface area contributed by atoms with E-state index in [1.54, 1.807) is 49.4 Å². The second-order valence-corrected chi connectivity index (χ2v) is 5.11. The molecule has 0 saturated carbocycles. The number of esters is 1. The van der Waals surface area contributed by atoms with Crippen LogP contribution >= 0.6 is 0 Å². The summed E-state index contributed by atoms with van der Waals surface area (Å²) in [4.78, 5) is 11.8. The highest BCUT2D eigenvalue weighted by Gasteiger charge is 2.04. The van der Waals surface area contributed by atoms with E-state index in [1.165, 1.54) is 6.08 Å². The van der Waals surface area contributed by atoms with Gasteiger partial charge in [-0.05, 0) is 47.9 Å². The van der Waals surface area contributed by atoms with Crippen LogP contribution in [0.1, 0.15) is 29.2 Å². The number of allylic oxidation sites excluding steroid dienone is 2. The van der Waals surface area contributed by atoms with Crippen molar-refractivity contribution in [2.75, 3.05) is 6.61 Å². The van der Waals surface area contributed by atoms with Crippen LogP contribution in [0.2, 0.25) is 0 Å². The number of rotatable bonds is 5. The zero-order valence-electron chi connectivity index (χ0n) is 13.8. The van der Waals surface area contributed by atoms with Gasteiger partial charge in [0.05, 0.1) is 29.9 Å². The van der Waals surface area contributed by atoms with Gasteiger partial charge in [0.2, 0.25) is 0 Å². The van der Waals surface area contributed by atoms with Crippen LogP contribution in [0, 0.1) is 22.7 Å². The van der Waals surface area contributed by atoms with Crippen molar-refractivity contribution in [2.24, 2.45) is 0 Å². The van der Waals surface area contributed by atoms with Crippen molar-refractivity contribution in [3.05, 3.63) is 82.9 Å². The summed E-state index contributed by atoms with van der Waals surface area (Å²) < 4.78 is 4.98. The Labute approximate surface area is 146 Å². The first kappa shape index (κ1) is 17.7. The second-order valence-electron chi connectivity index (χ2n) is 5.11. The number of carbonyl (C=O) groups excluding carboxylic acids is 1. The smallest absolute Gasteiger partial charge is 0.331 e. The third kappa shape index (κ3) is 5.20. The van der Waals surface area contributed by atoms with E-state index in [4.69, 9.17) is 15.3 Å². The normalized spacial score (nSPS) is 10.9. The molecular weight excluding hydrogens is 312 g/mol. The monoisotopic (exact) mass is 328 g/mol. The molecule has 0 heterocycles. The predicted octanol–water partition coefficient (Wildman–Crippen LogP) is 4.09. The van der Waals surface area contributed by atoms with E-state index in [9.17, 15) is 4.79 Å². The minimum atomic E-state index is -0.425. The van der Waals surface area contributed by atoms with Gasteiger partial charge in [-0.1, -0.05) is 36.4 Å². The van der Waals surface area contributed by atoms with E-state index in [1.807, 2.05) is 18.2 Å². The molecule has 0 aliphatic heterocycles. The van der Waals surface area contributed by atoms with E-state index < -0.39 is 5.97 Å². The molecule has 0 spiro atoms. The highest BCUT2D eigenvalue weighted by atomic mass is 16.5. The first-order valence-electron chi connectivity index (χ1n) is 7.73. The second kappa shape index (κ2) is 8.86. The Balaban J connectivity index is 2.33. The predicted molar refractivity (Wildman–Crippen MR) is 96.0 cm³/mol. The average molecular weight is 328 g/mol. The third-order valence-electron chi connectivity index (χ3n) is 3.40. The molecule has 0 saturated heterocycles. The van der Waals surface area contributed by atoms with Gasteiger partial charge >= 0.3 is 5.97 Å². The summed E-state index contributed by atoms with van der Waals surface area (Å²) in [5, 5.41) is 17.7. The van der Waals surface area contributed by atoms with Crippen molar-refractivity contribution < 1.29 is 9.53 Å². The third-order valence-corrected chi connectivity index (χ3v) is 3.40. The molecule has 0 bridgehead atoms. The number of hydrogen-bond acceptors (Lipinski definition) is 4. The molecular formula is C21H16N2O2. The van der Waals surface area contributed by atoms with E-state index in [2.05, 4.69) is 12.1 Å². The minimum absolute atomic E-state index is 0.301. The Morgan fingerprint density at radius 3 is 2.08 bits per heavy atom. The van der Waals surface area contributed by atoms with E-state index in [0.717, 1.165) is 11.1 Å². The molecule has 4 heteroatoms. The number of nitriles is 2. The van der Waals surface area contributed by atoms with E-state index in [0.29, 0.717) is 23.3 Å². The highest BCUT2D eigenvalue weighted by Crippen LogP contribution is 2.19. The fourth-order valence-electron chi connectivity index (χ4n) is 2.13. The van der Waals surface area contributed by atoms with Crippen LogP contribution in [0.15, 0.2) is 60.7 Å². The number of nitrogens with zero attached hydrogens (tertiary/aromatic N) is 2. The Bertz CT molecular complexity index is 877. The number of ether oxygens (including phenoxy) is 1. The van der Waals surface area contributed by atoms with E-state index in [-0.39, 0.29) is 0 Å². The number of hydrogen-bond donors (Lipinski definition) is 0. The van der Waals surface area contributed by atoms with Crippen LogP contribution in [-0.2, 0) is 9.53 Å². The molecule has 0 atom stereocenters. The molecule has 122 valence electrons. The molecule has 4 nitrogen and oxygen atoms in total. The fourth-order valence-corrected chi connectivity index (χ4v) is 2.13. The Morgan fingerprint density at radius 2 is 1.56 bits per heavy atom. The number of benzene rings is 2. The summed E-state index contributed by atoms with van der Waals surface area (Å²) in [5.74, 6) is -0.425. The molecule has 2 aromatic rings. The molecule has 0 radical (unpaired) electrons. The topological polar surface area (TPSA) is 73.9 Å². The van der Waals surface area contributed by atoms with Gasteiger partial charge in [-0.2, -0.15) is 10.5 Å². The lowest BCUT2D eigenvalue weighted by atomic mass is 10.0. The van der Waals surface area contributed by atoms with Crippen LogP contribution in [-0.4, -0.2) is 12.6 Å². The van der Waals surface area contributed by atoms with E-state index >= 15 is 0 Å². The van der Waals surface area contributed by atoms with Gasteiger partial charge in [-0.15, -0.1) is 0 Å². The Morgan fingerprint density at radius 1 is 1.00 bits per heavy atom. The lowest BCUT2D eigenvalue weighted by Crippen LogP contribution is -2.00. The van der Waals surface area contributed by atoms with Crippen LogP contribution in [0.3, 0.4) is 0 Å². The molecule has 0 unspecified atom stereocenters. The van der Waals surface area contributed by atoms with Gasteiger partial charge < -0.3 is 4.74 Å². The molecule has 25 heavy (non-hydrogen) atoms. The van der Waals surface area contributed by atoms with Crippen molar-refractivity contribution in [3.63, 3.8) is 0 Å². The van der Waals surface area contributed by atoms with Crippen molar-refractivity contribution in [3.8, 4) is 12.1 Å². The maximum Gasteiger partial charge on any atom is 0.331 e. The van der Waals surface area contributed by atoms with Crippen LogP contribution < -0.4 is 0 Å². The Hall–Kier alpha value is -3.63. The van der Waals surface area contributed by atoms with Gasteiger partial charge in [-0.25, -0.2) is 4.79 Å². The van der Waals surface area contributed by atoms with Gasteiger partial charge in [0.25, 0.3) is 0 Å². The Kier molecular flexibility index (Phi) is 6.28. The van der Waals surface area contributed by atoms with Gasteiger partial charge in [0, 0.05) is 6.08 Å². The lowest BCUT2D eigenvalue weighted by Gasteiger charge is -2.04. The molecule has 0 amide bonds. The summed E-state index contributed by atoms with van der Waals surface area (Å²) in [6, 6.07) is 18.2. The summed E-state index contributed by atoms with van der Waals surface area (Å²) >= 11 is 0. The lowest BCUT2D eigenvalue weighted by molar-refractivity contribution is -0.137. The fraction of sp³-hybridized carbons (Fsp3) is 0.0952. The SMILES string of the molecule is CCOC(=O)/C=C(\C=C\c1ccc(C#N)cc1)c1ccc(C#N)cc1. The molecule has 0 fully saturated rings. The molecule has 2 aromatic carbocycles. The summed E-state index contributed by atoms with van der Waals surface area (Å²) in [5.41, 5.74) is 3.52. The minimum Gasteiger partial charge on any atom is -0.463 e. The molecule has 0 aromatic heterocycles. The molecule has 0 N–H and O–H groups in total. The van der Waals surface area contributed by atoms with Crippen LogP contribution in [0.25, 0.3) is 11.6 Å². The van der Waals surface area contributed by atoms with Gasteiger partial charge in [-0.3, -0.25) is 0 Å². The van der Waals surface area contributed by atoms with Crippen LogP contribution in [0.4, 0.5) is 0 Å². The highest BCUT2D eigenvalue weighted by molar-refractivity contribution is 5.95. The van der Waals surface area contributed by atoms with Crippen molar-refractivity contribution in [1.29, 1.82) is 10.5 Å². The van der Waals surface area contributed by atoms with Gasteiger partial charge in [0.1, 0.15) is 0 Å². The summed E-state index contributed by atoms with van der Waals surface area (Å²) in [6.07, 6.45) is 5.08. The number of carbonyl (C=O) groups is 1.